The number of aryl methyl sites for hydroxylation is 2. The first kappa shape index (κ1) is 13.1. The highest BCUT2D eigenvalue weighted by molar-refractivity contribution is 5.87. The minimum atomic E-state index is -1.02. The van der Waals surface area contributed by atoms with Crippen molar-refractivity contribution in [3.05, 3.63) is 53.0 Å². The summed E-state index contributed by atoms with van der Waals surface area (Å²) in [6.07, 6.45) is 8.46. The van der Waals surface area contributed by atoms with Gasteiger partial charge in [0.2, 0.25) is 0 Å². The van der Waals surface area contributed by atoms with Crippen LogP contribution in [0.1, 0.15) is 23.2 Å². The fourth-order valence-corrected chi connectivity index (χ4v) is 1.83. The number of carboxylic acids is 1. The predicted molar refractivity (Wildman–Crippen MR) is 69.1 cm³/mol. The average Bonchev–Trinajstić information content (AvgIpc) is 2.89. The first-order valence-electron chi connectivity index (χ1n) is 6.06. The highest BCUT2D eigenvalue weighted by Crippen LogP contribution is 2.00. The number of unbranched alkanes of at least 4 members (excludes halogenated alkanes) is 1. The van der Waals surface area contributed by atoms with Gasteiger partial charge in [0.25, 0.3) is 5.56 Å². The second-order valence-corrected chi connectivity index (χ2v) is 4.26. The number of aromatic carboxylic acids is 1. The summed E-state index contributed by atoms with van der Waals surface area (Å²) in [4.78, 5) is 26.3. The van der Waals surface area contributed by atoms with Crippen LogP contribution in [-0.4, -0.2) is 25.2 Å². The maximum absolute atomic E-state index is 11.6. The van der Waals surface area contributed by atoms with Gasteiger partial charge in [-0.3, -0.25) is 4.79 Å². The lowest BCUT2D eigenvalue weighted by Gasteiger charge is -2.06. The second kappa shape index (κ2) is 5.99. The van der Waals surface area contributed by atoms with Crippen LogP contribution in [0, 0.1) is 0 Å². The Kier molecular flexibility index (Phi) is 4.12. The minimum Gasteiger partial charge on any atom is -0.478 e. The molecule has 0 saturated heterocycles. The summed E-state index contributed by atoms with van der Waals surface area (Å²) in [5, 5.41) is 8.87. The molecule has 0 bridgehead atoms. The molecule has 0 aliphatic rings. The minimum absolute atomic E-state index is 0.134. The fraction of sp³-hybridized carbons (Fsp3) is 0.308. The number of carboxylic acid groups (broad SMARTS) is 1. The number of aromatic nitrogens is 3. The number of pyridine rings is 1. The summed E-state index contributed by atoms with van der Waals surface area (Å²) < 4.78 is 3.41. The van der Waals surface area contributed by atoms with E-state index in [1.807, 2.05) is 10.8 Å². The van der Waals surface area contributed by atoms with Crippen LogP contribution < -0.4 is 5.56 Å². The van der Waals surface area contributed by atoms with Crippen molar-refractivity contribution in [2.24, 2.45) is 0 Å². The molecule has 0 aliphatic carbocycles. The first-order valence-corrected chi connectivity index (χ1v) is 6.06. The molecule has 0 aromatic carbocycles. The first-order chi connectivity index (χ1) is 9.16. The lowest BCUT2D eigenvalue weighted by Crippen LogP contribution is -2.20. The zero-order valence-electron chi connectivity index (χ0n) is 10.4. The molecule has 19 heavy (non-hydrogen) atoms. The Labute approximate surface area is 109 Å². The molecule has 2 rings (SSSR count). The summed E-state index contributed by atoms with van der Waals surface area (Å²) in [6, 6.07) is 2.62. The van der Waals surface area contributed by atoms with E-state index in [-0.39, 0.29) is 11.1 Å². The van der Waals surface area contributed by atoms with Crippen molar-refractivity contribution in [1.82, 2.24) is 14.1 Å². The molecule has 0 aliphatic heterocycles. The molecule has 1 N–H and O–H groups in total. The van der Waals surface area contributed by atoms with Crippen LogP contribution >= 0.6 is 0 Å². The van der Waals surface area contributed by atoms with E-state index in [1.54, 1.807) is 12.5 Å². The Hall–Kier alpha value is -2.37. The molecule has 2 aromatic heterocycles. The van der Waals surface area contributed by atoms with Crippen molar-refractivity contribution >= 4 is 5.97 Å². The predicted octanol–water partition coefficient (Wildman–Crippen LogP) is 1.22. The lowest BCUT2D eigenvalue weighted by atomic mass is 10.2. The van der Waals surface area contributed by atoms with Gasteiger partial charge in [-0.2, -0.15) is 0 Å². The van der Waals surface area contributed by atoms with Gasteiger partial charge < -0.3 is 14.2 Å². The molecule has 0 saturated carbocycles. The fourth-order valence-electron chi connectivity index (χ4n) is 1.83. The highest BCUT2D eigenvalue weighted by atomic mass is 16.4. The Morgan fingerprint density at radius 2 is 2.05 bits per heavy atom. The van der Waals surface area contributed by atoms with E-state index in [4.69, 9.17) is 5.11 Å². The number of carbonyl (C=O) groups is 1. The molecule has 0 unspecified atom stereocenters. The third-order valence-electron chi connectivity index (χ3n) is 2.85. The summed E-state index contributed by atoms with van der Waals surface area (Å²) in [5.74, 6) is -1.02. The van der Waals surface area contributed by atoms with Crippen molar-refractivity contribution < 1.29 is 9.90 Å². The normalized spacial score (nSPS) is 10.5. The molecule has 0 fully saturated rings. The second-order valence-electron chi connectivity index (χ2n) is 4.26. The van der Waals surface area contributed by atoms with E-state index in [0.717, 1.165) is 19.4 Å². The number of imidazole rings is 1. The SMILES string of the molecule is O=C(O)c1ccc(=O)n(CCCCn2ccnc2)c1. The maximum atomic E-state index is 11.6. The van der Waals surface area contributed by atoms with Crippen molar-refractivity contribution in [2.45, 2.75) is 25.9 Å². The van der Waals surface area contributed by atoms with E-state index in [2.05, 4.69) is 4.98 Å². The van der Waals surface area contributed by atoms with E-state index in [1.165, 1.54) is 22.9 Å². The van der Waals surface area contributed by atoms with E-state index in [0.29, 0.717) is 6.54 Å². The van der Waals surface area contributed by atoms with Crippen LogP contribution in [0.3, 0.4) is 0 Å². The largest absolute Gasteiger partial charge is 0.478 e. The molecule has 0 radical (unpaired) electrons. The van der Waals surface area contributed by atoms with Crippen LogP contribution in [0.2, 0.25) is 0 Å². The van der Waals surface area contributed by atoms with Crippen molar-refractivity contribution in [2.75, 3.05) is 0 Å². The van der Waals surface area contributed by atoms with Crippen LogP contribution in [0.4, 0.5) is 0 Å². The van der Waals surface area contributed by atoms with Crippen molar-refractivity contribution in [3.8, 4) is 0 Å². The summed E-state index contributed by atoms with van der Waals surface area (Å²) in [6.45, 7) is 1.36. The van der Waals surface area contributed by atoms with Crippen LogP contribution in [-0.2, 0) is 13.1 Å². The van der Waals surface area contributed by atoms with Crippen molar-refractivity contribution in [3.63, 3.8) is 0 Å². The highest BCUT2D eigenvalue weighted by Gasteiger charge is 2.04. The third kappa shape index (κ3) is 3.54. The molecule has 2 aromatic rings. The molecule has 6 heteroatoms. The van der Waals surface area contributed by atoms with Gasteiger partial charge in [-0.15, -0.1) is 0 Å². The van der Waals surface area contributed by atoms with E-state index < -0.39 is 5.97 Å². The number of hydrogen-bond acceptors (Lipinski definition) is 3. The van der Waals surface area contributed by atoms with Gasteiger partial charge in [0.05, 0.1) is 11.9 Å². The monoisotopic (exact) mass is 261 g/mol. The molecule has 2 heterocycles. The summed E-state index contributed by atoms with van der Waals surface area (Å²) in [5.41, 5.74) is -0.0400. The number of rotatable bonds is 6. The zero-order valence-corrected chi connectivity index (χ0v) is 10.4. The summed E-state index contributed by atoms with van der Waals surface area (Å²) >= 11 is 0. The van der Waals surface area contributed by atoms with Crippen LogP contribution in [0.15, 0.2) is 41.8 Å². The van der Waals surface area contributed by atoms with E-state index in [9.17, 15) is 9.59 Å². The third-order valence-corrected chi connectivity index (χ3v) is 2.85. The molecule has 100 valence electrons. The lowest BCUT2D eigenvalue weighted by molar-refractivity contribution is 0.0696. The van der Waals surface area contributed by atoms with Gasteiger partial charge in [-0.05, 0) is 18.9 Å². The van der Waals surface area contributed by atoms with Gasteiger partial charge in [-0.25, -0.2) is 9.78 Å². The van der Waals surface area contributed by atoms with Crippen LogP contribution in [0.25, 0.3) is 0 Å². The topological polar surface area (TPSA) is 77.1 Å². The van der Waals surface area contributed by atoms with Crippen LogP contribution in [0.5, 0.6) is 0 Å². The van der Waals surface area contributed by atoms with Gasteiger partial charge in [-0.1, -0.05) is 0 Å². The van der Waals surface area contributed by atoms with Gasteiger partial charge >= 0.3 is 5.97 Å². The van der Waals surface area contributed by atoms with E-state index >= 15 is 0 Å². The van der Waals surface area contributed by atoms with Gasteiger partial charge in [0, 0.05) is 37.7 Å². The van der Waals surface area contributed by atoms with Crippen molar-refractivity contribution in [1.29, 1.82) is 0 Å². The molecule has 6 nitrogen and oxygen atoms in total. The average molecular weight is 261 g/mol. The molecule has 0 spiro atoms. The molecular weight excluding hydrogens is 246 g/mol. The Morgan fingerprint density at radius 1 is 1.26 bits per heavy atom. The molecule has 0 amide bonds. The van der Waals surface area contributed by atoms with Gasteiger partial charge in [0.1, 0.15) is 0 Å². The number of nitrogens with zero attached hydrogens (tertiary/aromatic N) is 3. The number of hydrogen-bond donors (Lipinski definition) is 1. The standard InChI is InChI=1S/C13H15N3O3/c17-12-4-3-11(13(18)19)9-16(12)7-2-1-6-15-8-5-14-10-15/h3-5,8-10H,1-2,6-7H2,(H,18,19). The Balaban J connectivity index is 1.90. The zero-order chi connectivity index (χ0) is 13.7. The maximum Gasteiger partial charge on any atom is 0.337 e. The summed E-state index contributed by atoms with van der Waals surface area (Å²) in [7, 11) is 0. The molecule has 0 atom stereocenters. The quantitative estimate of drug-likeness (QED) is 0.793. The van der Waals surface area contributed by atoms with Gasteiger partial charge in [0.15, 0.2) is 0 Å². The smallest absolute Gasteiger partial charge is 0.337 e. The molecular formula is C13H15N3O3. The Bertz CT molecular complexity index is 602. The Morgan fingerprint density at radius 3 is 2.74 bits per heavy atom.